The molecule has 36 heavy (non-hydrogen) atoms. The van der Waals surface area contributed by atoms with Crippen LogP contribution in [0, 0.1) is 11.8 Å². The average Bonchev–Trinajstić information content (AvgIpc) is 3.51. The fourth-order valence-electron chi connectivity index (χ4n) is 4.61. The van der Waals surface area contributed by atoms with Crippen LogP contribution in [0.4, 0.5) is 18.0 Å². The van der Waals surface area contributed by atoms with Gasteiger partial charge >= 0.3 is 12.2 Å². The Morgan fingerprint density at radius 3 is 2.53 bits per heavy atom. The number of amides is 2. The first-order chi connectivity index (χ1) is 16.7. The number of carbonyl (C=O) groups is 1. The number of likely N-dealkylation sites (tertiary alicyclic amines) is 1. The smallest absolute Gasteiger partial charge is 0.329 e. The van der Waals surface area contributed by atoms with Crippen molar-refractivity contribution in [3.05, 3.63) is 30.5 Å². The lowest BCUT2D eigenvalue weighted by Crippen LogP contribution is -2.48. The maximum Gasteiger partial charge on any atom is 0.405 e. The highest BCUT2D eigenvalue weighted by Crippen LogP contribution is 2.38. The van der Waals surface area contributed by atoms with E-state index in [4.69, 9.17) is 5.73 Å². The molecule has 3 N–H and O–H groups in total. The Morgan fingerprint density at radius 1 is 1.31 bits per heavy atom. The number of aromatic nitrogens is 3. The van der Waals surface area contributed by atoms with Gasteiger partial charge in [-0.05, 0) is 30.9 Å². The number of rotatable bonds is 8. The van der Waals surface area contributed by atoms with E-state index in [0.29, 0.717) is 18.1 Å². The summed E-state index contributed by atoms with van der Waals surface area (Å²) in [6, 6.07) is -1.44. The Morgan fingerprint density at radius 2 is 1.97 bits per heavy atom. The van der Waals surface area contributed by atoms with Gasteiger partial charge in [0.15, 0.2) is 5.82 Å². The summed E-state index contributed by atoms with van der Waals surface area (Å²) in [7, 11) is -3.73. The highest BCUT2D eigenvalue weighted by Gasteiger charge is 2.43. The molecule has 1 saturated heterocycles. The van der Waals surface area contributed by atoms with Gasteiger partial charge in [0.1, 0.15) is 18.5 Å². The molecular formula is C22H34F3N7O3S. The van der Waals surface area contributed by atoms with Crippen LogP contribution in [0.5, 0.6) is 0 Å². The molecule has 10 nitrogen and oxygen atoms in total. The minimum Gasteiger partial charge on any atom is -0.329 e. The molecule has 0 aliphatic carbocycles. The summed E-state index contributed by atoms with van der Waals surface area (Å²) in [4.78, 5) is 13.7. The number of urea groups is 1. The maximum absolute atomic E-state index is 13.1. The number of nitrogens with one attached hydrogen (secondary N) is 1. The van der Waals surface area contributed by atoms with Crippen molar-refractivity contribution in [3.63, 3.8) is 0 Å². The first-order valence-electron chi connectivity index (χ1n) is 11.9. The second-order valence-electron chi connectivity index (χ2n) is 9.59. The van der Waals surface area contributed by atoms with Crippen LogP contribution in [0.15, 0.2) is 18.9 Å². The Bertz CT molecular complexity index is 1100. The Kier molecular flexibility index (Phi) is 8.08. The zero-order valence-electron chi connectivity index (χ0n) is 20.8. The van der Waals surface area contributed by atoms with E-state index in [0.717, 1.165) is 4.31 Å². The van der Waals surface area contributed by atoms with Crippen LogP contribution in [0.3, 0.4) is 0 Å². The van der Waals surface area contributed by atoms with Gasteiger partial charge in [0.05, 0.1) is 11.3 Å². The van der Waals surface area contributed by atoms with Gasteiger partial charge in [-0.3, -0.25) is 4.31 Å². The van der Waals surface area contributed by atoms with Gasteiger partial charge in [0.25, 0.3) is 0 Å². The number of hydrogen-bond donors (Lipinski definition) is 2. The molecule has 0 spiro atoms. The molecule has 0 aromatic carbocycles. The molecular weight excluding hydrogens is 499 g/mol. The number of sulfonamides is 1. The van der Waals surface area contributed by atoms with Crippen molar-refractivity contribution in [3.8, 4) is 0 Å². The Balaban J connectivity index is 1.89. The van der Waals surface area contributed by atoms with E-state index in [9.17, 15) is 26.4 Å². The molecule has 202 valence electrons. The molecule has 2 aliphatic heterocycles. The summed E-state index contributed by atoms with van der Waals surface area (Å²) < 4.78 is 66.9. The molecule has 0 radical (unpaired) electrons. The van der Waals surface area contributed by atoms with Crippen molar-refractivity contribution >= 4 is 22.1 Å². The van der Waals surface area contributed by atoms with Crippen LogP contribution >= 0.6 is 0 Å². The van der Waals surface area contributed by atoms with E-state index >= 15 is 0 Å². The first kappa shape index (κ1) is 28.0. The highest BCUT2D eigenvalue weighted by molar-refractivity contribution is 7.89. The van der Waals surface area contributed by atoms with Crippen LogP contribution in [0.25, 0.3) is 6.08 Å². The summed E-state index contributed by atoms with van der Waals surface area (Å²) >= 11 is 0. The van der Waals surface area contributed by atoms with Crippen molar-refractivity contribution in [1.82, 2.24) is 29.3 Å². The summed E-state index contributed by atoms with van der Waals surface area (Å²) in [5, 5.41) is 9.76. The number of halogens is 3. The second-order valence-corrected chi connectivity index (χ2v) is 11.8. The van der Waals surface area contributed by atoms with E-state index < -0.39 is 46.2 Å². The SMILES string of the molecule is C=Cc1nnc(C2CN(C(=O)NCC(F)(F)F)CC2CC)n1C1C=CN(S(=O)(=O)[C@@H](C)C(C)C)C1N. The third-order valence-corrected chi connectivity index (χ3v) is 9.47. The molecule has 14 heteroatoms. The predicted octanol–water partition coefficient (Wildman–Crippen LogP) is 2.65. The number of nitrogens with two attached hydrogens (primary N) is 1. The van der Waals surface area contributed by atoms with Crippen molar-refractivity contribution in [2.45, 2.75) is 63.7 Å². The summed E-state index contributed by atoms with van der Waals surface area (Å²) in [6.45, 7) is 9.94. The largest absolute Gasteiger partial charge is 0.405 e. The average molecular weight is 534 g/mol. The van der Waals surface area contributed by atoms with Crippen LogP contribution < -0.4 is 11.1 Å². The van der Waals surface area contributed by atoms with Gasteiger partial charge < -0.3 is 20.5 Å². The topological polar surface area (TPSA) is 126 Å². The van der Waals surface area contributed by atoms with Crippen LogP contribution in [-0.2, 0) is 10.0 Å². The minimum absolute atomic E-state index is 0.0929. The molecule has 2 aliphatic rings. The lowest BCUT2D eigenvalue weighted by molar-refractivity contribution is -0.123. The molecule has 0 saturated carbocycles. The van der Waals surface area contributed by atoms with Crippen LogP contribution in [0.2, 0.25) is 0 Å². The lowest BCUT2D eigenvalue weighted by atomic mass is 9.92. The molecule has 1 fully saturated rings. The molecule has 2 amide bonds. The molecule has 4 unspecified atom stereocenters. The third kappa shape index (κ3) is 5.38. The quantitative estimate of drug-likeness (QED) is 0.529. The molecule has 1 aromatic heterocycles. The standard InChI is InChI=1S/C22H34F3N7O3S/c1-6-15-10-30(21(33)27-12-22(23,24)25)11-16(15)20-29-28-18(7-2)32(20)17-8-9-31(19(17)26)36(34,35)14(5)13(3)4/h7-9,13-17,19H,2,6,10-12,26H2,1,3-5H3,(H,27,33)/t14-,15?,16?,17?,19?/m0/s1. The van der Waals surface area contributed by atoms with Crippen molar-refractivity contribution < 1.29 is 26.4 Å². The monoisotopic (exact) mass is 533 g/mol. The van der Waals surface area contributed by atoms with Crippen LogP contribution in [0.1, 0.15) is 57.7 Å². The first-order valence-corrected chi connectivity index (χ1v) is 13.4. The van der Waals surface area contributed by atoms with Gasteiger partial charge in [-0.25, -0.2) is 13.2 Å². The fraction of sp³-hybridized carbons (Fsp3) is 0.682. The van der Waals surface area contributed by atoms with E-state index in [-0.39, 0.29) is 30.8 Å². The van der Waals surface area contributed by atoms with Gasteiger partial charge in [0.2, 0.25) is 10.0 Å². The van der Waals surface area contributed by atoms with Gasteiger partial charge in [-0.1, -0.05) is 33.8 Å². The number of nitrogens with zero attached hydrogens (tertiary/aromatic N) is 5. The van der Waals surface area contributed by atoms with Crippen molar-refractivity contribution in [1.29, 1.82) is 0 Å². The van der Waals surface area contributed by atoms with Crippen molar-refractivity contribution in [2.24, 2.45) is 17.6 Å². The van der Waals surface area contributed by atoms with E-state index in [1.165, 1.54) is 17.2 Å². The second kappa shape index (κ2) is 10.4. The van der Waals surface area contributed by atoms with Crippen molar-refractivity contribution in [2.75, 3.05) is 19.6 Å². The van der Waals surface area contributed by atoms with Gasteiger partial charge in [-0.2, -0.15) is 13.2 Å². The predicted molar refractivity (Wildman–Crippen MR) is 129 cm³/mol. The Labute approximate surface area is 209 Å². The van der Waals surface area contributed by atoms with Gasteiger partial charge in [0, 0.05) is 25.2 Å². The third-order valence-electron chi connectivity index (χ3n) is 7.03. The van der Waals surface area contributed by atoms with Crippen LogP contribution in [-0.4, -0.2) is 75.6 Å². The highest BCUT2D eigenvalue weighted by atomic mass is 32.2. The Hall–Kier alpha value is -2.61. The molecule has 1 aromatic rings. The van der Waals surface area contributed by atoms with E-state index in [1.54, 1.807) is 17.6 Å². The number of alkyl halides is 3. The molecule has 3 heterocycles. The molecule has 0 bridgehead atoms. The summed E-state index contributed by atoms with van der Waals surface area (Å²) in [5.74, 6) is 0.297. The van der Waals surface area contributed by atoms with E-state index in [2.05, 4.69) is 16.8 Å². The van der Waals surface area contributed by atoms with Gasteiger partial charge in [-0.15, -0.1) is 10.2 Å². The maximum atomic E-state index is 13.1. The minimum atomic E-state index is -4.51. The van der Waals surface area contributed by atoms with E-state index in [1.807, 2.05) is 26.1 Å². The summed E-state index contributed by atoms with van der Waals surface area (Å²) in [6.07, 6.45) is -0.237. The zero-order chi connectivity index (χ0) is 27.0. The molecule has 3 rings (SSSR count). The number of carbonyl (C=O) groups excluding carboxylic acids is 1. The lowest BCUT2D eigenvalue weighted by Gasteiger charge is -2.31. The molecule has 5 atom stereocenters. The number of hydrogen-bond acceptors (Lipinski definition) is 6. The zero-order valence-corrected chi connectivity index (χ0v) is 21.6. The summed E-state index contributed by atoms with van der Waals surface area (Å²) in [5.41, 5.74) is 6.45. The fourth-order valence-corrected chi connectivity index (χ4v) is 6.39. The normalized spacial score (nSPS) is 25.6.